The Bertz CT molecular complexity index is 333. The summed E-state index contributed by atoms with van der Waals surface area (Å²) < 4.78 is 11.2. The zero-order chi connectivity index (χ0) is 20.0. The molecule has 0 aromatic carbocycles. The largest absolute Gasteiger partial charge is 0.481 e. The molecule has 0 aliphatic rings. The first kappa shape index (κ1) is 26.1. The molecule has 0 bridgehead atoms. The fourth-order valence-electron chi connectivity index (χ4n) is 3.04. The van der Waals surface area contributed by atoms with Crippen molar-refractivity contribution in [1.82, 2.24) is 0 Å². The molecule has 0 spiro atoms. The molecule has 5 nitrogen and oxygen atoms in total. The summed E-state index contributed by atoms with van der Waals surface area (Å²) in [4.78, 5) is 21.0. The second kappa shape index (κ2) is 21.4. The number of carbonyl (C=O) groups is 2. The molecular weight excluding hydrogens is 344 g/mol. The second-order valence-electron chi connectivity index (χ2n) is 7.34. The van der Waals surface area contributed by atoms with E-state index >= 15 is 0 Å². The minimum atomic E-state index is -0.818. The van der Waals surface area contributed by atoms with Crippen LogP contribution in [-0.2, 0) is 19.1 Å². The Kier molecular flexibility index (Phi) is 20.6. The van der Waals surface area contributed by atoms with Gasteiger partial charge in [-0.1, -0.05) is 77.6 Å². The lowest BCUT2D eigenvalue weighted by molar-refractivity contribution is -0.138. The smallest absolute Gasteiger partial charge is 0.303 e. The molecule has 160 valence electrons. The summed E-state index contributed by atoms with van der Waals surface area (Å²) in [6.07, 6.45) is 17.2. The number of hydrogen-bond acceptors (Lipinski definition) is 4. The molecular formula is C22H42O5. The fraction of sp³-hybridized carbons (Fsp3) is 0.909. The van der Waals surface area contributed by atoms with Crippen LogP contribution in [0, 0.1) is 0 Å². The van der Waals surface area contributed by atoms with Crippen LogP contribution in [0.5, 0.6) is 0 Å². The van der Waals surface area contributed by atoms with Crippen LogP contribution < -0.4 is 0 Å². The molecule has 0 aromatic heterocycles. The standard InChI is InChI=1S/C22H42O5/c1-2-3-4-5-6-7-8-9-10-11-12-13-19-27-21(15-16-22(24)25)20-26-18-14-17-23/h17,21H,2-16,18-20H2,1H3,(H,24,25). The summed E-state index contributed by atoms with van der Waals surface area (Å²) in [7, 11) is 0. The highest BCUT2D eigenvalue weighted by Gasteiger charge is 2.11. The number of hydrogen-bond donors (Lipinski definition) is 1. The lowest BCUT2D eigenvalue weighted by atomic mass is 10.1. The Morgan fingerprint density at radius 3 is 1.96 bits per heavy atom. The molecule has 0 rings (SSSR count). The molecule has 0 aromatic rings. The van der Waals surface area contributed by atoms with E-state index in [1.165, 1.54) is 64.2 Å². The molecule has 0 saturated heterocycles. The van der Waals surface area contributed by atoms with Crippen LogP contribution in [0.1, 0.15) is 103 Å². The number of aldehydes is 1. The van der Waals surface area contributed by atoms with E-state index in [-0.39, 0.29) is 12.5 Å². The van der Waals surface area contributed by atoms with Crippen molar-refractivity contribution in [2.45, 2.75) is 109 Å². The van der Waals surface area contributed by atoms with Gasteiger partial charge >= 0.3 is 5.97 Å². The first-order chi connectivity index (χ1) is 13.2. The van der Waals surface area contributed by atoms with Crippen LogP contribution in [0.25, 0.3) is 0 Å². The number of carboxylic acid groups (broad SMARTS) is 1. The van der Waals surface area contributed by atoms with Crippen LogP contribution >= 0.6 is 0 Å². The monoisotopic (exact) mass is 386 g/mol. The number of ether oxygens (including phenoxy) is 2. The molecule has 0 fully saturated rings. The van der Waals surface area contributed by atoms with E-state index in [0.29, 0.717) is 32.7 Å². The molecule has 0 saturated carbocycles. The van der Waals surface area contributed by atoms with Crippen molar-refractivity contribution in [2.24, 2.45) is 0 Å². The number of carbonyl (C=O) groups excluding carboxylic acids is 1. The normalized spacial score (nSPS) is 12.2. The van der Waals surface area contributed by atoms with Crippen molar-refractivity contribution in [2.75, 3.05) is 19.8 Å². The van der Waals surface area contributed by atoms with Gasteiger partial charge in [-0.2, -0.15) is 0 Å². The van der Waals surface area contributed by atoms with Gasteiger partial charge in [-0.05, 0) is 12.8 Å². The van der Waals surface area contributed by atoms with Crippen LogP contribution in [0.15, 0.2) is 0 Å². The zero-order valence-electron chi connectivity index (χ0n) is 17.5. The molecule has 0 aliphatic heterocycles. The van der Waals surface area contributed by atoms with E-state index in [1.807, 2.05) is 0 Å². The Morgan fingerprint density at radius 2 is 1.44 bits per heavy atom. The Labute approximate surface area is 166 Å². The van der Waals surface area contributed by atoms with Crippen molar-refractivity contribution in [1.29, 1.82) is 0 Å². The average molecular weight is 387 g/mol. The SMILES string of the molecule is CCCCCCCCCCCCCCOC(CCC(=O)O)COCCC=O. The van der Waals surface area contributed by atoms with E-state index in [4.69, 9.17) is 14.6 Å². The van der Waals surface area contributed by atoms with E-state index < -0.39 is 5.97 Å². The lowest BCUT2D eigenvalue weighted by Crippen LogP contribution is -2.22. The Hall–Kier alpha value is -0.940. The predicted molar refractivity (Wildman–Crippen MR) is 109 cm³/mol. The first-order valence-corrected chi connectivity index (χ1v) is 11.1. The fourth-order valence-corrected chi connectivity index (χ4v) is 3.04. The molecule has 0 amide bonds. The molecule has 1 unspecified atom stereocenters. The lowest BCUT2D eigenvalue weighted by Gasteiger charge is -2.17. The van der Waals surface area contributed by atoms with Gasteiger partial charge in [0.1, 0.15) is 6.29 Å². The molecule has 1 atom stereocenters. The highest BCUT2D eigenvalue weighted by molar-refractivity contribution is 5.66. The summed E-state index contributed by atoms with van der Waals surface area (Å²) in [5.41, 5.74) is 0. The van der Waals surface area contributed by atoms with Crippen molar-refractivity contribution < 1.29 is 24.2 Å². The van der Waals surface area contributed by atoms with Gasteiger partial charge in [-0.25, -0.2) is 0 Å². The minimum absolute atomic E-state index is 0.0835. The number of carboxylic acids is 1. The summed E-state index contributed by atoms with van der Waals surface area (Å²) >= 11 is 0. The summed E-state index contributed by atoms with van der Waals surface area (Å²) in [5, 5.41) is 8.81. The van der Waals surface area contributed by atoms with Crippen molar-refractivity contribution >= 4 is 12.3 Å². The third-order valence-electron chi connectivity index (χ3n) is 4.72. The summed E-state index contributed by atoms with van der Waals surface area (Å²) in [6, 6.07) is 0. The van der Waals surface area contributed by atoms with Gasteiger partial charge in [0.05, 0.1) is 19.3 Å². The Balaban J connectivity index is 3.52. The van der Waals surface area contributed by atoms with E-state index in [2.05, 4.69) is 6.92 Å². The van der Waals surface area contributed by atoms with Gasteiger partial charge < -0.3 is 19.4 Å². The molecule has 1 N–H and O–H groups in total. The number of unbranched alkanes of at least 4 members (excludes halogenated alkanes) is 11. The third-order valence-corrected chi connectivity index (χ3v) is 4.72. The second-order valence-corrected chi connectivity index (χ2v) is 7.34. The maximum atomic E-state index is 10.7. The summed E-state index contributed by atoms with van der Waals surface area (Å²) in [6.45, 7) is 3.64. The highest BCUT2D eigenvalue weighted by Crippen LogP contribution is 2.12. The molecule has 0 radical (unpaired) electrons. The topological polar surface area (TPSA) is 72.8 Å². The van der Waals surface area contributed by atoms with Crippen LogP contribution in [0.4, 0.5) is 0 Å². The maximum Gasteiger partial charge on any atom is 0.303 e. The zero-order valence-corrected chi connectivity index (χ0v) is 17.5. The van der Waals surface area contributed by atoms with Gasteiger partial charge in [0.15, 0.2) is 0 Å². The molecule has 0 aliphatic carbocycles. The van der Waals surface area contributed by atoms with Crippen LogP contribution in [0.3, 0.4) is 0 Å². The van der Waals surface area contributed by atoms with Gasteiger partial charge in [-0.15, -0.1) is 0 Å². The minimum Gasteiger partial charge on any atom is -0.481 e. The van der Waals surface area contributed by atoms with Crippen molar-refractivity contribution in [3.8, 4) is 0 Å². The van der Waals surface area contributed by atoms with Gasteiger partial charge in [0, 0.05) is 19.4 Å². The average Bonchev–Trinajstić information content (AvgIpc) is 2.66. The van der Waals surface area contributed by atoms with Crippen LogP contribution in [-0.4, -0.2) is 43.3 Å². The van der Waals surface area contributed by atoms with E-state index in [9.17, 15) is 9.59 Å². The summed E-state index contributed by atoms with van der Waals surface area (Å²) in [5.74, 6) is -0.818. The molecule has 5 heteroatoms. The van der Waals surface area contributed by atoms with Gasteiger partial charge in [-0.3, -0.25) is 4.79 Å². The molecule has 27 heavy (non-hydrogen) atoms. The Morgan fingerprint density at radius 1 is 0.889 bits per heavy atom. The van der Waals surface area contributed by atoms with Crippen molar-refractivity contribution in [3.63, 3.8) is 0 Å². The van der Waals surface area contributed by atoms with Crippen LogP contribution in [0.2, 0.25) is 0 Å². The predicted octanol–water partition coefficient (Wildman–Crippen LogP) is 5.54. The van der Waals surface area contributed by atoms with Crippen molar-refractivity contribution in [3.05, 3.63) is 0 Å². The van der Waals surface area contributed by atoms with Gasteiger partial charge in [0.2, 0.25) is 0 Å². The quantitative estimate of drug-likeness (QED) is 0.195. The highest BCUT2D eigenvalue weighted by atomic mass is 16.5. The van der Waals surface area contributed by atoms with E-state index in [0.717, 1.165) is 19.1 Å². The van der Waals surface area contributed by atoms with E-state index in [1.54, 1.807) is 0 Å². The first-order valence-electron chi connectivity index (χ1n) is 11.1. The van der Waals surface area contributed by atoms with Gasteiger partial charge in [0.25, 0.3) is 0 Å². The maximum absolute atomic E-state index is 10.7. The number of aliphatic carboxylic acids is 1. The molecule has 0 heterocycles. The third kappa shape index (κ3) is 21.2. The number of rotatable bonds is 22.